The van der Waals surface area contributed by atoms with Crippen molar-refractivity contribution in [1.82, 2.24) is 14.5 Å². The smallest absolute Gasteiger partial charge is 0.266 e. The largest absolute Gasteiger partial charge is 0.497 e. The first-order valence-corrected chi connectivity index (χ1v) is 12.0. The number of aromatic nitrogens is 2. The van der Waals surface area contributed by atoms with Gasteiger partial charge in [-0.3, -0.25) is 14.2 Å². The predicted octanol–water partition coefficient (Wildman–Crippen LogP) is 5.57. The number of fused-ring (bicyclic) bond motifs is 1. The molecule has 0 aliphatic heterocycles. The van der Waals surface area contributed by atoms with Crippen molar-refractivity contribution in [1.29, 1.82) is 0 Å². The lowest BCUT2D eigenvalue weighted by Crippen LogP contribution is -2.34. The molecule has 0 N–H and O–H groups in total. The Morgan fingerprint density at radius 3 is 2.37 bits per heavy atom. The first-order valence-electron chi connectivity index (χ1n) is 12.0. The van der Waals surface area contributed by atoms with Crippen LogP contribution in [0, 0.1) is 0 Å². The van der Waals surface area contributed by atoms with E-state index in [1.54, 1.807) is 41.8 Å². The predicted molar refractivity (Wildman–Crippen MR) is 139 cm³/mol. The third-order valence-electron chi connectivity index (χ3n) is 6.43. The second-order valence-electron chi connectivity index (χ2n) is 8.72. The number of carbonyl (C=O) groups is 1. The van der Waals surface area contributed by atoms with E-state index < -0.39 is 6.04 Å². The Balaban J connectivity index is 1.74. The highest BCUT2D eigenvalue weighted by Gasteiger charge is 2.25. The summed E-state index contributed by atoms with van der Waals surface area (Å²) in [6.45, 7) is 4.06. The Kier molecular flexibility index (Phi) is 7.30. The standard InChI is InChI=1S/C29H31N3O3/c1-5-6-9-21-12-14-22(15-13-21)28(33)31(3)20(2)27-30-26-11-8-7-10-25(26)29(34)32(27)23-16-18-24(35-4)19-17-23/h7-8,10-20H,5-6,9H2,1-4H3. The normalized spacial score (nSPS) is 11.9. The van der Waals surface area contributed by atoms with E-state index in [4.69, 9.17) is 9.72 Å². The van der Waals surface area contributed by atoms with Crippen LogP contribution in [0.4, 0.5) is 0 Å². The van der Waals surface area contributed by atoms with Crippen molar-refractivity contribution in [2.75, 3.05) is 14.2 Å². The van der Waals surface area contributed by atoms with Crippen LogP contribution in [0.3, 0.4) is 0 Å². The molecule has 1 aromatic heterocycles. The molecule has 4 rings (SSSR count). The average molecular weight is 470 g/mol. The number of hydrogen-bond donors (Lipinski definition) is 0. The van der Waals surface area contributed by atoms with Crippen LogP contribution in [0.15, 0.2) is 77.6 Å². The molecule has 0 aliphatic rings. The number of para-hydroxylation sites is 1. The van der Waals surface area contributed by atoms with Gasteiger partial charge in [0.2, 0.25) is 0 Å². The quantitative estimate of drug-likeness (QED) is 0.338. The molecule has 1 atom stereocenters. The van der Waals surface area contributed by atoms with Crippen molar-refractivity contribution < 1.29 is 9.53 Å². The van der Waals surface area contributed by atoms with Gasteiger partial charge in [0.15, 0.2) is 0 Å². The Labute approximate surface area is 205 Å². The topological polar surface area (TPSA) is 64.4 Å². The molecular formula is C29H31N3O3. The molecule has 0 saturated carbocycles. The molecule has 0 aliphatic carbocycles. The van der Waals surface area contributed by atoms with E-state index in [1.165, 1.54) is 5.56 Å². The summed E-state index contributed by atoms with van der Waals surface area (Å²) in [7, 11) is 3.35. The number of carbonyl (C=O) groups excluding carboxylic acids is 1. The second kappa shape index (κ2) is 10.6. The number of rotatable bonds is 8. The van der Waals surface area contributed by atoms with Gasteiger partial charge in [-0.15, -0.1) is 0 Å². The van der Waals surface area contributed by atoms with Crippen molar-refractivity contribution in [2.24, 2.45) is 0 Å². The lowest BCUT2D eigenvalue weighted by Gasteiger charge is -2.27. The summed E-state index contributed by atoms with van der Waals surface area (Å²) in [6, 6.07) is 21.9. The molecule has 1 unspecified atom stereocenters. The highest BCUT2D eigenvalue weighted by molar-refractivity contribution is 5.94. The van der Waals surface area contributed by atoms with Crippen LogP contribution < -0.4 is 10.3 Å². The van der Waals surface area contributed by atoms with Crippen LogP contribution >= 0.6 is 0 Å². The lowest BCUT2D eigenvalue weighted by atomic mass is 10.1. The molecule has 4 aromatic rings. The molecule has 0 saturated heterocycles. The van der Waals surface area contributed by atoms with Crippen LogP contribution in [0.25, 0.3) is 16.6 Å². The Morgan fingerprint density at radius 2 is 1.71 bits per heavy atom. The average Bonchev–Trinajstić information content (AvgIpc) is 2.91. The van der Waals surface area contributed by atoms with Gasteiger partial charge in [0.1, 0.15) is 11.6 Å². The molecule has 3 aromatic carbocycles. The summed E-state index contributed by atoms with van der Waals surface area (Å²) in [6.07, 6.45) is 3.27. The minimum atomic E-state index is -0.457. The molecule has 6 nitrogen and oxygen atoms in total. The van der Waals surface area contributed by atoms with Gasteiger partial charge >= 0.3 is 0 Å². The van der Waals surface area contributed by atoms with Gasteiger partial charge in [-0.2, -0.15) is 0 Å². The van der Waals surface area contributed by atoms with Gasteiger partial charge in [-0.1, -0.05) is 37.6 Å². The van der Waals surface area contributed by atoms with Crippen molar-refractivity contribution >= 4 is 16.8 Å². The molecule has 0 spiro atoms. The van der Waals surface area contributed by atoms with E-state index in [-0.39, 0.29) is 11.5 Å². The highest BCUT2D eigenvalue weighted by atomic mass is 16.5. The van der Waals surface area contributed by atoms with E-state index in [0.29, 0.717) is 33.7 Å². The van der Waals surface area contributed by atoms with Gasteiger partial charge in [-0.05, 0) is 73.9 Å². The zero-order valence-corrected chi connectivity index (χ0v) is 20.7. The number of methoxy groups -OCH3 is 1. The number of aryl methyl sites for hydroxylation is 1. The van der Waals surface area contributed by atoms with Crippen molar-refractivity contribution in [3.8, 4) is 11.4 Å². The summed E-state index contributed by atoms with van der Waals surface area (Å²) < 4.78 is 6.86. The van der Waals surface area contributed by atoms with Crippen molar-refractivity contribution in [3.63, 3.8) is 0 Å². The van der Waals surface area contributed by atoms with Crippen LogP contribution in [0.5, 0.6) is 5.75 Å². The molecule has 1 amide bonds. The minimum Gasteiger partial charge on any atom is -0.497 e. The Bertz CT molecular complexity index is 1380. The molecule has 6 heteroatoms. The highest BCUT2D eigenvalue weighted by Crippen LogP contribution is 2.24. The maximum Gasteiger partial charge on any atom is 0.266 e. The number of unbranched alkanes of at least 4 members (excludes halogenated alkanes) is 1. The fourth-order valence-corrected chi connectivity index (χ4v) is 4.16. The Hall–Kier alpha value is -3.93. The van der Waals surface area contributed by atoms with Gasteiger partial charge < -0.3 is 9.64 Å². The van der Waals surface area contributed by atoms with Gasteiger partial charge in [0, 0.05) is 12.6 Å². The first-order chi connectivity index (χ1) is 16.9. The van der Waals surface area contributed by atoms with Crippen molar-refractivity contribution in [2.45, 2.75) is 39.2 Å². The van der Waals surface area contributed by atoms with Crippen molar-refractivity contribution in [3.05, 3.63) is 100 Å². The van der Waals surface area contributed by atoms with Crippen LogP contribution in [-0.4, -0.2) is 34.5 Å². The zero-order chi connectivity index (χ0) is 24.9. The first kappa shape index (κ1) is 24.2. The van der Waals surface area contributed by atoms with E-state index in [0.717, 1.165) is 19.3 Å². The molecule has 35 heavy (non-hydrogen) atoms. The summed E-state index contributed by atoms with van der Waals surface area (Å²) in [5, 5.41) is 0.524. The fourth-order valence-electron chi connectivity index (χ4n) is 4.16. The van der Waals surface area contributed by atoms with Gasteiger partial charge in [0.05, 0.1) is 29.7 Å². The molecule has 0 bridgehead atoms. The van der Waals surface area contributed by atoms with E-state index >= 15 is 0 Å². The molecule has 1 heterocycles. The summed E-state index contributed by atoms with van der Waals surface area (Å²) in [4.78, 5) is 33.4. The Morgan fingerprint density at radius 1 is 1.03 bits per heavy atom. The second-order valence-corrected chi connectivity index (χ2v) is 8.72. The van der Waals surface area contributed by atoms with E-state index in [9.17, 15) is 9.59 Å². The maximum absolute atomic E-state index is 13.6. The molecule has 180 valence electrons. The molecule has 0 fully saturated rings. The monoisotopic (exact) mass is 469 g/mol. The zero-order valence-electron chi connectivity index (χ0n) is 20.7. The summed E-state index contributed by atoms with van der Waals surface area (Å²) in [5.74, 6) is 1.07. The number of benzene rings is 3. The number of amides is 1. The summed E-state index contributed by atoms with van der Waals surface area (Å²) in [5.41, 5.74) is 2.92. The van der Waals surface area contributed by atoms with E-state index in [1.807, 2.05) is 61.5 Å². The van der Waals surface area contributed by atoms with Gasteiger partial charge in [0.25, 0.3) is 11.5 Å². The van der Waals surface area contributed by atoms with Crippen LogP contribution in [0.2, 0.25) is 0 Å². The third kappa shape index (κ3) is 4.97. The lowest BCUT2D eigenvalue weighted by molar-refractivity contribution is 0.0735. The van der Waals surface area contributed by atoms with Crippen LogP contribution in [-0.2, 0) is 6.42 Å². The minimum absolute atomic E-state index is 0.122. The molecular weight excluding hydrogens is 438 g/mol. The van der Waals surface area contributed by atoms with Crippen LogP contribution in [0.1, 0.15) is 54.5 Å². The SMILES string of the molecule is CCCCc1ccc(C(=O)N(C)C(C)c2nc3ccccc3c(=O)n2-c2ccc(OC)cc2)cc1. The summed E-state index contributed by atoms with van der Waals surface area (Å²) >= 11 is 0. The number of hydrogen-bond acceptors (Lipinski definition) is 4. The van der Waals surface area contributed by atoms with Gasteiger partial charge in [-0.25, -0.2) is 4.98 Å². The van der Waals surface area contributed by atoms with E-state index in [2.05, 4.69) is 6.92 Å². The molecule has 0 radical (unpaired) electrons. The number of nitrogens with zero attached hydrogens (tertiary/aromatic N) is 3. The number of ether oxygens (including phenoxy) is 1. The fraction of sp³-hybridized carbons (Fsp3) is 0.276. The third-order valence-corrected chi connectivity index (χ3v) is 6.43. The maximum atomic E-state index is 13.6.